The van der Waals surface area contributed by atoms with Crippen LogP contribution in [-0.2, 0) is 9.84 Å². The van der Waals surface area contributed by atoms with Crippen molar-refractivity contribution < 1.29 is 39.9 Å². The number of alkyl halides is 4. The molecule has 0 bridgehead atoms. The molecule has 3 rings (SSSR count). The standard InChI is InChI=1S/C20H17ClF5NO4S/c21-16-10-12(4-5-17(16)22)18(28)27-13-6-8-19(23,9-7-13)32(29,30)15-3-1-2-14(11-15)31-20(24,25)26/h1-5,10-11,13H,6-9H2,(H,27,28)/t13-,19+. The van der Waals surface area contributed by atoms with Gasteiger partial charge in [-0.1, -0.05) is 17.7 Å². The van der Waals surface area contributed by atoms with Crippen LogP contribution >= 0.6 is 11.6 Å². The average Bonchev–Trinajstić information content (AvgIpc) is 2.70. The fourth-order valence-corrected chi connectivity index (χ4v) is 5.32. The summed E-state index contributed by atoms with van der Waals surface area (Å²) in [7, 11) is -4.64. The predicted molar refractivity (Wildman–Crippen MR) is 105 cm³/mol. The average molecular weight is 498 g/mol. The van der Waals surface area contributed by atoms with Gasteiger partial charge in [0.15, 0.2) is 0 Å². The van der Waals surface area contributed by atoms with Crippen molar-refractivity contribution in [3.05, 3.63) is 58.9 Å². The van der Waals surface area contributed by atoms with Gasteiger partial charge in [-0.2, -0.15) is 0 Å². The second kappa shape index (κ2) is 8.86. The lowest BCUT2D eigenvalue weighted by molar-refractivity contribution is -0.274. The molecule has 5 nitrogen and oxygen atoms in total. The molecule has 2 aromatic carbocycles. The molecular weight excluding hydrogens is 481 g/mol. The summed E-state index contributed by atoms with van der Waals surface area (Å²) in [5, 5.41) is -0.342. The fourth-order valence-electron chi connectivity index (χ4n) is 3.42. The third kappa shape index (κ3) is 5.32. The van der Waals surface area contributed by atoms with Gasteiger partial charge in [-0.25, -0.2) is 17.2 Å². The van der Waals surface area contributed by atoms with Gasteiger partial charge in [0.2, 0.25) is 14.8 Å². The van der Waals surface area contributed by atoms with Gasteiger partial charge in [-0.3, -0.25) is 4.79 Å². The topological polar surface area (TPSA) is 72.5 Å². The van der Waals surface area contributed by atoms with Gasteiger partial charge in [0.1, 0.15) is 11.6 Å². The molecule has 0 unspecified atom stereocenters. The van der Waals surface area contributed by atoms with E-state index in [-0.39, 0.29) is 23.4 Å². The summed E-state index contributed by atoms with van der Waals surface area (Å²) in [6.07, 6.45) is -6.05. The molecule has 174 valence electrons. The molecule has 0 spiro atoms. The molecule has 0 radical (unpaired) electrons. The summed E-state index contributed by atoms with van der Waals surface area (Å²) >= 11 is 5.65. The van der Waals surface area contributed by atoms with Gasteiger partial charge in [0, 0.05) is 11.6 Å². The Bertz CT molecular complexity index is 1120. The molecule has 0 aromatic heterocycles. The van der Waals surface area contributed by atoms with Gasteiger partial charge >= 0.3 is 6.36 Å². The first kappa shape index (κ1) is 24.2. The number of carbonyl (C=O) groups excluding carboxylic acids is 1. The molecule has 12 heteroatoms. The minimum atomic E-state index is -5.03. The van der Waals surface area contributed by atoms with Gasteiger partial charge in [-0.15, -0.1) is 13.2 Å². The first-order chi connectivity index (χ1) is 14.8. The Balaban J connectivity index is 1.69. The molecule has 1 saturated carbocycles. The number of nitrogens with one attached hydrogen (secondary N) is 1. The summed E-state index contributed by atoms with van der Waals surface area (Å²) < 4.78 is 95.2. The smallest absolute Gasteiger partial charge is 0.406 e. The summed E-state index contributed by atoms with van der Waals surface area (Å²) in [6, 6.07) is 6.37. The number of ether oxygens (including phenoxy) is 1. The van der Waals surface area contributed by atoms with Gasteiger partial charge < -0.3 is 10.1 Å². The highest BCUT2D eigenvalue weighted by molar-refractivity contribution is 7.92. The molecule has 1 amide bonds. The van der Waals surface area contributed by atoms with E-state index >= 15 is 4.39 Å². The van der Waals surface area contributed by atoms with Crippen LogP contribution < -0.4 is 10.1 Å². The minimum absolute atomic E-state index is 0.0326. The molecular formula is C20H17ClF5NO4S. The minimum Gasteiger partial charge on any atom is -0.406 e. The molecule has 0 atom stereocenters. The van der Waals surface area contributed by atoms with Crippen molar-refractivity contribution in [3.8, 4) is 5.75 Å². The van der Waals surface area contributed by atoms with E-state index in [4.69, 9.17) is 11.6 Å². The number of carbonyl (C=O) groups is 1. The van der Waals surface area contributed by atoms with Crippen molar-refractivity contribution in [2.24, 2.45) is 0 Å². The Morgan fingerprint density at radius 1 is 1.12 bits per heavy atom. The third-order valence-electron chi connectivity index (χ3n) is 5.08. The zero-order valence-electron chi connectivity index (χ0n) is 16.3. The maximum Gasteiger partial charge on any atom is 0.573 e. The molecule has 2 aromatic rings. The number of halogens is 6. The van der Waals surface area contributed by atoms with Crippen LogP contribution in [0, 0.1) is 5.82 Å². The number of hydrogen-bond donors (Lipinski definition) is 1. The number of amides is 1. The van der Waals surface area contributed by atoms with E-state index in [2.05, 4.69) is 10.1 Å². The molecule has 0 saturated heterocycles. The second-order valence-corrected chi connectivity index (χ2v) is 9.90. The van der Waals surface area contributed by atoms with Crippen LogP contribution in [-0.4, -0.2) is 31.7 Å². The van der Waals surface area contributed by atoms with E-state index in [1.165, 1.54) is 6.07 Å². The fraction of sp³-hybridized carbons (Fsp3) is 0.350. The van der Waals surface area contributed by atoms with Crippen molar-refractivity contribution in [2.75, 3.05) is 0 Å². The number of hydrogen-bond acceptors (Lipinski definition) is 4. The summed E-state index contributed by atoms with van der Waals surface area (Å²) in [5.41, 5.74) is 0.0857. The quantitative estimate of drug-likeness (QED) is 0.577. The zero-order valence-corrected chi connectivity index (χ0v) is 17.8. The van der Waals surface area contributed by atoms with E-state index < -0.39 is 62.5 Å². The monoisotopic (exact) mass is 497 g/mol. The maximum atomic E-state index is 15.4. The third-order valence-corrected chi connectivity index (χ3v) is 7.62. The summed E-state index contributed by atoms with van der Waals surface area (Å²) in [4.78, 5) is 11.7. The Hall–Kier alpha value is -2.40. The van der Waals surface area contributed by atoms with E-state index in [1.807, 2.05) is 0 Å². The number of sulfone groups is 1. The van der Waals surface area contributed by atoms with Crippen molar-refractivity contribution in [1.29, 1.82) is 0 Å². The largest absolute Gasteiger partial charge is 0.573 e. The molecule has 1 aliphatic carbocycles. The van der Waals surface area contributed by atoms with E-state index in [0.29, 0.717) is 6.07 Å². The van der Waals surface area contributed by atoms with Crippen LogP contribution in [0.15, 0.2) is 47.4 Å². The van der Waals surface area contributed by atoms with Crippen molar-refractivity contribution in [3.63, 3.8) is 0 Å². The molecule has 0 heterocycles. The SMILES string of the molecule is O=C(N[C@H]1CC[C@@](F)(S(=O)(=O)c2cccc(OC(F)(F)F)c2)CC1)c1ccc(F)c(Cl)c1. The molecule has 1 aliphatic rings. The van der Waals surface area contributed by atoms with Gasteiger partial charge in [0.05, 0.1) is 9.92 Å². The van der Waals surface area contributed by atoms with Crippen LogP contribution in [0.25, 0.3) is 0 Å². The first-order valence-corrected chi connectivity index (χ1v) is 11.2. The highest BCUT2D eigenvalue weighted by atomic mass is 35.5. The van der Waals surface area contributed by atoms with Crippen LogP contribution in [0.4, 0.5) is 22.0 Å². The van der Waals surface area contributed by atoms with E-state index in [0.717, 1.165) is 30.3 Å². The summed E-state index contributed by atoms with van der Waals surface area (Å²) in [6.45, 7) is 0. The van der Waals surface area contributed by atoms with Crippen molar-refractivity contribution in [1.82, 2.24) is 5.32 Å². The number of rotatable bonds is 5. The predicted octanol–water partition coefficient (Wildman–Crippen LogP) is 5.19. The van der Waals surface area contributed by atoms with E-state index in [1.54, 1.807) is 0 Å². The molecule has 1 N–H and O–H groups in total. The lowest BCUT2D eigenvalue weighted by atomic mass is 9.93. The Morgan fingerprint density at radius 3 is 2.38 bits per heavy atom. The summed E-state index contributed by atoms with van der Waals surface area (Å²) in [5.74, 6) is -2.05. The van der Waals surface area contributed by atoms with Gasteiger partial charge in [-0.05, 0) is 62.1 Å². The lowest BCUT2D eigenvalue weighted by Gasteiger charge is -2.33. The molecule has 1 fully saturated rings. The van der Waals surface area contributed by atoms with Crippen LogP contribution in [0.5, 0.6) is 5.75 Å². The zero-order chi connectivity index (χ0) is 23.7. The van der Waals surface area contributed by atoms with Crippen molar-refractivity contribution in [2.45, 2.75) is 48.0 Å². The second-order valence-electron chi connectivity index (χ2n) is 7.29. The van der Waals surface area contributed by atoms with Crippen LogP contribution in [0.2, 0.25) is 5.02 Å². The Morgan fingerprint density at radius 2 is 1.78 bits per heavy atom. The normalized spacial score (nSPS) is 21.8. The molecule has 0 aliphatic heterocycles. The Labute approximate surface area is 185 Å². The lowest BCUT2D eigenvalue weighted by Crippen LogP contribution is -2.45. The van der Waals surface area contributed by atoms with Crippen molar-refractivity contribution >= 4 is 27.3 Å². The maximum absolute atomic E-state index is 15.4. The highest BCUT2D eigenvalue weighted by Crippen LogP contribution is 2.41. The Kier molecular flexibility index (Phi) is 6.71. The van der Waals surface area contributed by atoms with Crippen LogP contribution in [0.1, 0.15) is 36.0 Å². The van der Waals surface area contributed by atoms with Gasteiger partial charge in [0.25, 0.3) is 5.91 Å². The first-order valence-electron chi connectivity index (χ1n) is 9.36. The molecule has 32 heavy (non-hydrogen) atoms. The van der Waals surface area contributed by atoms with Crippen LogP contribution in [0.3, 0.4) is 0 Å². The highest BCUT2D eigenvalue weighted by Gasteiger charge is 2.48. The van der Waals surface area contributed by atoms with E-state index in [9.17, 15) is 30.8 Å². The number of benzene rings is 2.